The third-order valence-electron chi connectivity index (χ3n) is 5.96. The highest BCUT2D eigenvalue weighted by Crippen LogP contribution is 2.32. The maximum Gasteiger partial charge on any atom is 0.159 e. The van der Waals surface area contributed by atoms with E-state index in [4.69, 9.17) is 0 Å². The molecule has 1 aromatic heterocycles. The van der Waals surface area contributed by atoms with Gasteiger partial charge in [-0.2, -0.15) is 0 Å². The van der Waals surface area contributed by atoms with Gasteiger partial charge in [0.05, 0.1) is 0 Å². The molecule has 0 radical (unpaired) electrons. The summed E-state index contributed by atoms with van der Waals surface area (Å²) >= 11 is 0. The molecule has 1 heterocycles. The quantitative estimate of drug-likeness (QED) is 0.316. The Balaban J connectivity index is 1.86. The number of carbonyl (C=O) groups excluding carboxylic acids is 1. The molecule has 0 aliphatic heterocycles. The first kappa shape index (κ1) is 19.4. The summed E-state index contributed by atoms with van der Waals surface area (Å²) in [7, 11) is 0. The molecular weight excluding hydrogens is 354 g/mol. The van der Waals surface area contributed by atoms with Crippen LogP contribution < -0.4 is 0 Å². The standard InChI is InChI=1S/C27H29NO/c1-4-6-15-28-26-13-11-20(16-23-10-8-7-9-21(23)5-2)17-24(26)25-18-22(19(3)29)12-14-27(25)28/h7-14,17-18H,4-6,15-16H2,1-3H3. The van der Waals surface area contributed by atoms with E-state index < -0.39 is 0 Å². The molecule has 0 aliphatic carbocycles. The van der Waals surface area contributed by atoms with E-state index in [-0.39, 0.29) is 5.78 Å². The van der Waals surface area contributed by atoms with Gasteiger partial charge in [-0.1, -0.05) is 50.6 Å². The van der Waals surface area contributed by atoms with E-state index in [0.29, 0.717) is 0 Å². The van der Waals surface area contributed by atoms with Crippen molar-refractivity contribution in [3.05, 3.63) is 82.9 Å². The molecule has 0 fully saturated rings. The van der Waals surface area contributed by atoms with Crippen LogP contribution in [0.15, 0.2) is 60.7 Å². The van der Waals surface area contributed by atoms with Crippen LogP contribution in [0.25, 0.3) is 21.8 Å². The Morgan fingerprint density at radius 1 is 0.862 bits per heavy atom. The molecule has 3 aromatic carbocycles. The normalized spacial score (nSPS) is 11.4. The van der Waals surface area contributed by atoms with E-state index >= 15 is 0 Å². The van der Waals surface area contributed by atoms with E-state index in [1.807, 2.05) is 6.07 Å². The number of rotatable bonds is 7. The number of benzene rings is 3. The van der Waals surface area contributed by atoms with Gasteiger partial charge >= 0.3 is 0 Å². The van der Waals surface area contributed by atoms with Crippen molar-refractivity contribution in [3.63, 3.8) is 0 Å². The highest BCUT2D eigenvalue weighted by Gasteiger charge is 2.13. The maximum atomic E-state index is 12.0. The van der Waals surface area contributed by atoms with E-state index in [2.05, 4.69) is 73.0 Å². The van der Waals surface area contributed by atoms with Crippen LogP contribution in [-0.2, 0) is 19.4 Å². The van der Waals surface area contributed by atoms with Gasteiger partial charge in [0.1, 0.15) is 0 Å². The highest BCUT2D eigenvalue weighted by molar-refractivity contribution is 6.10. The molecule has 0 amide bonds. The number of aromatic nitrogens is 1. The van der Waals surface area contributed by atoms with E-state index in [0.717, 1.165) is 31.4 Å². The summed E-state index contributed by atoms with van der Waals surface area (Å²) < 4.78 is 2.42. The SMILES string of the molecule is CCCCn1c2ccc(Cc3ccccc3CC)cc2c2cc(C(C)=O)ccc21. The molecule has 0 spiro atoms. The summed E-state index contributed by atoms with van der Waals surface area (Å²) in [5, 5.41) is 2.44. The Morgan fingerprint density at radius 3 is 2.24 bits per heavy atom. The van der Waals surface area contributed by atoms with Gasteiger partial charge in [0.25, 0.3) is 0 Å². The van der Waals surface area contributed by atoms with Gasteiger partial charge in [-0.3, -0.25) is 4.79 Å². The van der Waals surface area contributed by atoms with Gasteiger partial charge in [0.15, 0.2) is 5.78 Å². The summed E-state index contributed by atoms with van der Waals surface area (Å²) in [6.45, 7) is 7.09. The van der Waals surface area contributed by atoms with Crippen LogP contribution in [0, 0.1) is 0 Å². The van der Waals surface area contributed by atoms with Crippen LogP contribution in [0.1, 0.15) is 60.7 Å². The second kappa shape index (κ2) is 8.24. The molecule has 2 heteroatoms. The molecule has 148 valence electrons. The second-order valence-corrected chi connectivity index (χ2v) is 7.94. The Morgan fingerprint density at radius 2 is 1.55 bits per heavy atom. The number of aryl methyl sites for hydroxylation is 2. The van der Waals surface area contributed by atoms with Gasteiger partial charge in [-0.25, -0.2) is 0 Å². The third kappa shape index (κ3) is 3.72. The number of hydrogen-bond acceptors (Lipinski definition) is 1. The molecule has 29 heavy (non-hydrogen) atoms. The van der Waals surface area contributed by atoms with Crippen LogP contribution in [0.3, 0.4) is 0 Å². The molecule has 2 nitrogen and oxygen atoms in total. The predicted octanol–water partition coefficient (Wildman–Crippen LogP) is 6.95. The lowest BCUT2D eigenvalue weighted by Gasteiger charge is -2.09. The smallest absolute Gasteiger partial charge is 0.159 e. The number of Topliss-reactive ketones (excluding diaryl/α,β-unsaturated/α-hetero) is 1. The monoisotopic (exact) mass is 383 g/mol. The van der Waals surface area contributed by atoms with Crippen LogP contribution in [-0.4, -0.2) is 10.4 Å². The Hall–Kier alpha value is -2.87. The van der Waals surface area contributed by atoms with Gasteiger partial charge in [-0.05, 0) is 73.2 Å². The highest BCUT2D eigenvalue weighted by atomic mass is 16.1. The minimum absolute atomic E-state index is 0.120. The number of unbranched alkanes of at least 4 members (excludes halogenated alkanes) is 1. The van der Waals surface area contributed by atoms with Crippen LogP contribution in [0.4, 0.5) is 0 Å². The van der Waals surface area contributed by atoms with Crippen molar-refractivity contribution >= 4 is 27.6 Å². The number of fused-ring (bicyclic) bond motifs is 3. The van der Waals surface area contributed by atoms with Crippen LogP contribution in [0.5, 0.6) is 0 Å². The summed E-state index contributed by atoms with van der Waals surface area (Å²) in [5.41, 5.74) is 7.41. The Labute approximate surface area is 173 Å². The van der Waals surface area contributed by atoms with Crippen LogP contribution in [0.2, 0.25) is 0 Å². The van der Waals surface area contributed by atoms with E-state index in [1.165, 1.54) is 44.9 Å². The largest absolute Gasteiger partial charge is 0.340 e. The average molecular weight is 384 g/mol. The first-order valence-corrected chi connectivity index (χ1v) is 10.7. The topological polar surface area (TPSA) is 22.0 Å². The molecule has 4 rings (SSSR count). The van der Waals surface area contributed by atoms with Crippen molar-refractivity contribution < 1.29 is 4.79 Å². The second-order valence-electron chi connectivity index (χ2n) is 7.94. The first-order chi connectivity index (χ1) is 14.1. The summed E-state index contributed by atoms with van der Waals surface area (Å²) in [6, 6.07) is 21.7. The molecule has 0 unspecified atom stereocenters. The Kier molecular flexibility index (Phi) is 5.53. The Bertz CT molecular complexity index is 1180. The number of ketones is 1. The molecule has 0 aliphatic rings. The molecule has 0 atom stereocenters. The molecule has 0 saturated heterocycles. The summed E-state index contributed by atoms with van der Waals surface area (Å²) in [6.07, 6.45) is 4.31. The van der Waals surface area contributed by atoms with E-state index in [9.17, 15) is 4.79 Å². The lowest BCUT2D eigenvalue weighted by Crippen LogP contribution is -1.98. The fraction of sp³-hybridized carbons (Fsp3) is 0.296. The zero-order valence-corrected chi connectivity index (χ0v) is 17.7. The van der Waals surface area contributed by atoms with Gasteiger partial charge < -0.3 is 4.57 Å². The fourth-order valence-corrected chi connectivity index (χ4v) is 4.33. The lowest BCUT2D eigenvalue weighted by atomic mass is 9.97. The van der Waals surface area contributed by atoms with E-state index in [1.54, 1.807) is 6.92 Å². The molecule has 0 N–H and O–H groups in total. The molecule has 4 aromatic rings. The van der Waals surface area contributed by atoms with Crippen molar-refractivity contribution in [1.82, 2.24) is 4.57 Å². The summed E-state index contributed by atoms with van der Waals surface area (Å²) in [5.74, 6) is 0.120. The van der Waals surface area contributed by atoms with Gasteiger partial charge in [-0.15, -0.1) is 0 Å². The number of hydrogen-bond donors (Lipinski definition) is 0. The van der Waals surface area contributed by atoms with Crippen molar-refractivity contribution in [2.45, 2.75) is 53.0 Å². The van der Waals surface area contributed by atoms with Crippen LogP contribution >= 0.6 is 0 Å². The van der Waals surface area contributed by atoms with Crippen molar-refractivity contribution in [2.75, 3.05) is 0 Å². The number of nitrogens with zero attached hydrogens (tertiary/aromatic N) is 1. The fourth-order valence-electron chi connectivity index (χ4n) is 4.33. The molecular formula is C27H29NO. The molecule has 0 bridgehead atoms. The van der Waals surface area contributed by atoms with Gasteiger partial charge in [0, 0.05) is 33.9 Å². The van der Waals surface area contributed by atoms with Gasteiger partial charge in [0.2, 0.25) is 0 Å². The number of carbonyl (C=O) groups is 1. The minimum Gasteiger partial charge on any atom is -0.340 e. The van der Waals surface area contributed by atoms with Crippen molar-refractivity contribution in [3.8, 4) is 0 Å². The first-order valence-electron chi connectivity index (χ1n) is 10.7. The zero-order chi connectivity index (χ0) is 20.4. The van der Waals surface area contributed by atoms with Crippen molar-refractivity contribution in [2.24, 2.45) is 0 Å². The zero-order valence-electron chi connectivity index (χ0n) is 17.7. The lowest BCUT2D eigenvalue weighted by molar-refractivity contribution is 0.101. The third-order valence-corrected chi connectivity index (χ3v) is 5.96. The maximum absolute atomic E-state index is 12.0. The average Bonchev–Trinajstić information content (AvgIpc) is 3.05. The predicted molar refractivity (Wildman–Crippen MR) is 123 cm³/mol. The van der Waals surface area contributed by atoms with Crippen molar-refractivity contribution in [1.29, 1.82) is 0 Å². The molecule has 0 saturated carbocycles. The minimum atomic E-state index is 0.120. The summed E-state index contributed by atoms with van der Waals surface area (Å²) in [4.78, 5) is 12.0.